The monoisotopic (exact) mass is 1060 g/mol. The zero-order valence-electron chi connectivity index (χ0n) is 39.5. The SMILES string of the molecule is O=C(O)c1ccc(Oc2ccc(Oc3ccc(Oc4ccc(C(=O)O)c(C(=O)O)c4)cc3)cc2)cc1C(=O)O.O=C(O)c1ccc(Oc2ccc(Oc3ccc(Oc4ccc(C(=O)O)c(C(=O)O)c4)cc3)cc2)cc1C(=O)O. The molecule has 0 aliphatic carbocycles. The molecule has 8 rings (SSSR count). The molecule has 0 radical (unpaired) electrons. The highest BCUT2D eigenvalue weighted by atomic mass is 16.5. The molecule has 22 heteroatoms. The molecule has 0 unspecified atom stereocenters. The Morgan fingerprint density at radius 2 is 0.295 bits per heavy atom. The van der Waals surface area contributed by atoms with Crippen molar-refractivity contribution in [3.05, 3.63) is 214 Å². The van der Waals surface area contributed by atoms with Crippen molar-refractivity contribution in [3.63, 3.8) is 0 Å². The largest absolute Gasteiger partial charge is 0.478 e. The van der Waals surface area contributed by atoms with E-state index in [1.54, 1.807) is 97.1 Å². The maximum absolute atomic E-state index is 11.3. The van der Waals surface area contributed by atoms with Crippen molar-refractivity contribution in [3.8, 4) is 69.0 Å². The summed E-state index contributed by atoms with van der Waals surface area (Å²) in [7, 11) is 0. The highest BCUT2D eigenvalue weighted by Gasteiger charge is 2.21. The van der Waals surface area contributed by atoms with Gasteiger partial charge in [0.1, 0.15) is 69.0 Å². The highest BCUT2D eigenvalue weighted by molar-refractivity contribution is 6.04. The van der Waals surface area contributed by atoms with Crippen LogP contribution in [0.1, 0.15) is 82.9 Å². The predicted molar refractivity (Wildman–Crippen MR) is 268 cm³/mol. The van der Waals surface area contributed by atoms with Crippen LogP contribution in [0.3, 0.4) is 0 Å². The fourth-order valence-electron chi connectivity index (χ4n) is 6.92. The van der Waals surface area contributed by atoms with Gasteiger partial charge >= 0.3 is 47.8 Å². The van der Waals surface area contributed by atoms with Gasteiger partial charge in [0.2, 0.25) is 0 Å². The van der Waals surface area contributed by atoms with Gasteiger partial charge in [0, 0.05) is 0 Å². The summed E-state index contributed by atoms with van der Waals surface area (Å²) in [6, 6.07) is 40.1. The molecule has 0 saturated heterocycles. The number of hydrogen-bond donors (Lipinski definition) is 8. The number of aromatic carboxylic acids is 8. The molecule has 0 heterocycles. The van der Waals surface area contributed by atoms with Gasteiger partial charge < -0.3 is 69.3 Å². The summed E-state index contributed by atoms with van der Waals surface area (Å²) in [6.45, 7) is 0. The van der Waals surface area contributed by atoms with E-state index in [0.29, 0.717) is 46.0 Å². The van der Waals surface area contributed by atoms with E-state index < -0.39 is 70.0 Å². The molecule has 0 spiro atoms. The third kappa shape index (κ3) is 13.9. The number of carboxylic acid groups (broad SMARTS) is 8. The fraction of sp³-hybridized carbons (Fsp3) is 0. The molecule has 0 saturated carbocycles. The first-order valence-electron chi connectivity index (χ1n) is 22.1. The molecule has 8 aromatic carbocycles. The molecule has 0 aliphatic heterocycles. The Kier molecular flexibility index (Phi) is 16.6. The van der Waals surface area contributed by atoms with Crippen LogP contribution in [0.25, 0.3) is 0 Å². The molecule has 0 fully saturated rings. The van der Waals surface area contributed by atoms with Crippen molar-refractivity contribution >= 4 is 47.8 Å². The zero-order chi connectivity index (χ0) is 56.2. The Morgan fingerprint density at radius 3 is 0.423 bits per heavy atom. The van der Waals surface area contributed by atoms with Crippen LogP contribution in [-0.4, -0.2) is 88.6 Å². The van der Waals surface area contributed by atoms with Crippen molar-refractivity contribution in [1.82, 2.24) is 0 Å². The van der Waals surface area contributed by atoms with Crippen LogP contribution in [0.2, 0.25) is 0 Å². The van der Waals surface area contributed by atoms with Crippen LogP contribution in [0, 0.1) is 0 Å². The Balaban J connectivity index is 0.000000226. The molecule has 78 heavy (non-hydrogen) atoms. The van der Waals surface area contributed by atoms with Gasteiger partial charge in [0.15, 0.2) is 0 Å². The van der Waals surface area contributed by atoms with E-state index in [2.05, 4.69) is 0 Å². The molecule has 0 amide bonds. The van der Waals surface area contributed by atoms with E-state index in [4.69, 9.17) is 48.8 Å². The number of hydrogen-bond acceptors (Lipinski definition) is 14. The summed E-state index contributed by atoms with van der Waals surface area (Å²) in [5.41, 5.74) is -2.99. The molecule has 8 N–H and O–H groups in total. The third-order valence-electron chi connectivity index (χ3n) is 10.5. The second-order valence-electron chi connectivity index (χ2n) is 15.8. The first-order chi connectivity index (χ1) is 37.2. The summed E-state index contributed by atoms with van der Waals surface area (Å²) in [6.07, 6.45) is 0. The van der Waals surface area contributed by atoms with E-state index in [1.807, 2.05) is 0 Å². The second kappa shape index (κ2) is 23.9. The number of rotatable bonds is 20. The number of benzene rings is 8. The van der Waals surface area contributed by atoms with E-state index >= 15 is 0 Å². The first kappa shape index (κ1) is 54.1. The maximum Gasteiger partial charge on any atom is 0.336 e. The average molecular weight is 1060 g/mol. The summed E-state index contributed by atoms with van der Waals surface area (Å²) < 4.78 is 34.1. The van der Waals surface area contributed by atoms with Gasteiger partial charge in [-0.05, 0) is 170 Å². The van der Waals surface area contributed by atoms with Gasteiger partial charge in [0.05, 0.1) is 44.5 Å². The summed E-state index contributed by atoms with van der Waals surface area (Å²) in [5, 5.41) is 73.5. The zero-order valence-corrected chi connectivity index (χ0v) is 39.5. The standard InChI is InChI=1S/2C28H18O11/c2*29-25(30)21-11-9-19(13-23(21)27(33)34)38-17-5-1-15(2-6-17)37-16-3-7-18(8-4-16)39-20-10-12-22(26(31)32)24(14-20)28(35)36/h2*1-14H,(H,29,30)(H,31,32)(H,33,34)(H,35,36). The van der Waals surface area contributed by atoms with Gasteiger partial charge in [-0.2, -0.15) is 0 Å². The molecule has 392 valence electrons. The number of carboxylic acids is 8. The van der Waals surface area contributed by atoms with Gasteiger partial charge in [-0.3, -0.25) is 0 Å². The smallest absolute Gasteiger partial charge is 0.336 e. The lowest BCUT2D eigenvalue weighted by atomic mass is 10.1. The number of carbonyl (C=O) groups is 8. The molecule has 0 aliphatic rings. The lowest BCUT2D eigenvalue weighted by Gasteiger charge is -2.11. The van der Waals surface area contributed by atoms with Crippen molar-refractivity contribution in [2.24, 2.45) is 0 Å². The molecule has 8 aromatic rings. The van der Waals surface area contributed by atoms with Crippen LogP contribution < -0.4 is 28.4 Å². The van der Waals surface area contributed by atoms with Gasteiger partial charge in [0.25, 0.3) is 0 Å². The Bertz CT molecular complexity index is 3150. The van der Waals surface area contributed by atoms with E-state index in [9.17, 15) is 58.8 Å². The minimum absolute atomic E-state index is 0.148. The van der Waals surface area contributed by atoms with Crippen molar-refractivity contribution in [1.29, 1.82) is 0 Å². The number of ether oxygens (including phenoxy) is 6. The quantitative estimate of drug-likeness (QED) is 0.0351. The van der Waals surface area contributed by atoms with E-state index in [1.165, 1.54) is 24.3 Å². The topological polar surface area (TPSA) is 354 Å². The predicted octanol–water partition coefficient (Wildman–Crippen LogP) is 11.7. The van der Waals surface area contributed by atoms with Crippen LogP contribution in [0.5, 0.6) is 69.0 Å². The summed E-state index contributed by atoms with van der Waals surface area (Å²) in [5.74, 6) is -7.13. The van der Waals surface area contributed by atoms with Crippen molar-refractivity contribution in [2.45, 2.75) is 0 Å². The van der Waals surface area contributed by atoms with Crippen LogP contribution in [0.15, 0.2) is 170 Å². The Labute approximate surface area is 437 Å². The average Bonchev–Trinajstić information content (AvgIpc) is 3.41. The first-order valence-corrected chi connectivity index (χ1v) is 22.1. The maximum atomic E-state index is 11.3. The second-order valence-corrected chi connectivity index (χ2v) is 15.8. The Hall–Kier alpha value is -11.7. The lowest BCUT2D eigenvalue weighted by Crippen LogP contribution is -2.07. The molecular weight excluding hydrogens is 1020 g/mol. The fourth-order valence-corrected chi connectivity index (χ4v) is 6.92. The summed E-state index contributed by atoms with van der Waals surface area (Å²) in [4.78, 5) is 90.2. The van der Waals surface area contributed by atoms with Crippen LogP contribution >= 0.6 is 0 Å². The minimum atomic E-state index is -1.39. The lowest BCUT2D eigenvalue weighted by molar-refractivity contribution is 0.0651. The van der Waals surface area contributed by atoms with Gasteiger partial charge in [-0.15, -0.1) is 0 Å². The van der Waals surface area contributed by atoms with Crippen molar-refractivity contribution in [2.75, 3.05) is 0 Å². The molecule has 0 atom stereocenters. The van der Waals surface area contributed by atoms with Crippen LogP contribution in [0.4, 0.5) is 0 Å². The van der Waals surface area contributed by atoms with E-state index in [0.717, 1.165) is 48.5 Å². The highest BCUT2D eigenvalue weighted by Crippen LogP contribution is 2.33. The molecular formula is C56H36O22. The van der Waals surface area contributed by atoms with Crippen LogP contribution in [-0.2, 0) is 0 Å². The van der Waals surface area contributed by atoms with Gasteiger partial charge in [-0.25, -0.2) is 38.4 Å². The summed E-state index contributed by atoms with van der Waals surface area (Å²) >= 11 is 0. The minimum Gasteiger partial charge on any atom is -0.478 e. The molecule has 0 aromatic heterocycles. The third-order valence-corrected chi connectivity index (χ3v) is 10.5. The molecule has 0 bridgehead atoms. The van der Waals surface area contributed by atoms with Gasteiger partial charge in [-0.1, -0.05) is 0 Å². The molecule has 22 nitrogen and oxygen atoms in total. The Morgan fingerprint density at radius 1 is 0.179 bits per heavy atom. The van der Waals surface area contributed by atoms with E-state index in [-0.39, 0.29) is 45.3 Å². The normalized spacial score (nSPS) is 10.4. The van der Waals surface area contributed by atoms with Crippen molar-refractivity contribution < 1.29 is 108 Å².